The highest BCUT2D eigenvalue weighted by Gasteiger charge is 2.28. The van der Waals surface area contributed by atoms with Gasteiger partial charge >= 0.3 is 0 Å². The number of halogens is 1. The molecule has 4 heteroatoms. The fourth-order valence-electron chi connectivity index (χ4n) is 5.52. The van der Waals surface area contributed by atoms with E-state index in [2.05, 4.69) is 165 Å². The lowest BCUT2D eigenvalue weighted by Crippen LogP contribution is -2.16. The summed E-state index contributed by atoms with van der Waals surface area (Å²) in [5.41, 5.74) is 11.7. The lowest BCUT2D eigenvalue weighted by Gasteiger charge is -2.28. The molecule has 5 aromatic rings. The van der Waals surface area contributed by atoms with Crippen molar-refractivity contribution in [3.05, 3.63) is 119 Å². The minimum Gasteiger partial charge on any atom is -0.355 e. The summed E-state index contributed by atoms with van der Waals surface area (Å²) in [6, 6.07) is 35.0. The van der Waals surface area contributed by atoms with Crippen molar-refractivity contribution in [1.82, 2.24) is 4.98 Å². The van der Waals surface area contributed by atoms with Crippen LogP contribution in [0.3, 0.4) is 0 Å². The molecule has 1 N–H and O–H groups in total. The molecule has 1 aliphatic heterocycles. The van der Waals surface area contributed by atoms with Crippen LogP contribution in [0.25, 0.3) is 22.3 Å². The maximum absolute atomic E-state index is 4.94. The van der Waals surface area contributed by atoms with Crippen LogP contribution < -0.4 is 10.2 Å². The third kappa shape index (κ3) is 5.29. The fourth-order valence-corrected chi connectivity index (χ4v) is 6.01. The first-order valence-electron chi connectivity index (χ1n) is 14.2. The molecule has 6 rings (SSSR count). The minimum absolute atomic E-state index is 0.00368. The number of hydrogen-bond donors (Lipinski definition) is 1. The van der Waals surface area contributed by atoms with Crippen molar-refractivity contribution >= 4 is 44.5 Å². The van der Waals surface area contributed by atoms with Gasteiger partial charge in [-0.25, -0.2) is 4.98 Å². The molecule has 0 unspecified atom stereocenters. The van der Waals surface area contributed by atoms with Gasteiger partial charge in [0.2, 0.25) is 0 Å². The van der Waals surface area contributed by atoms with Gasteiger partial charge in [-0.15, -0.1) is 0 Å². The topological polar surface area (TPSA) is 28.2 Å². The maximum Gasteiger partial charge on any atom is 0.137 e. The molecule has 2 heterocycles. The molecule has 0 radical (unpaired) electrons. The van der Waals surface area contributed by atoms with Crippen LogP contribution in [0, 0.1) is 0 Å². The Labute approximate surface area is 252 Å². The summed E-state index contributed by atoms with van der Waals surface area (Å²) in [5, 5.41) is 3.71. The van der Waals surface area contributed by atoms with E-state index in [1.54, 1.807) is 0 Å². The number of nitrogens with one attached hydrogen (secondary N) is 1. The van der Waals surface area contributed by atoms with E-state index in [1.807, 2.05) is 6.20 Å². The Kier molecular flexibility index (Phi) is 6.78. The monoisotopic (exact) mass is 601 g/mol. The Hall–Kier alpha value is -3.89. The fraction of sp³-hybridized carbons (Fsp3) is 0.216. The molecule has 3 nitrogen and oxygen atoms in total. The first-order valence-corrected chi connectivity index (χ1v) is 15.0. The molecule has 0 fully saturated rings. The van der Waals surface area contributed by atoms with Gasteiger partial charge < -0.3 is 5.32 Å². The zero-order valence-electron chi connectivity index (χ0n) is 24.6. The molecular formula is C37H36BrN3. The summed E-state index contributed by atoms with van der Waals surface area (Å²) in [7, 11) is 0. The second kappa shape index (κ2) is 10.2. The van der Waals surface area contributed by atoms with E-state index in [0.717, 1.165) is 33.0 Å². The van der Waals surface area contributed by atoms with Crippen molar-refractivity contribution < 1.29 is 0 Å². The zero-order valence-corrected chi connectivity index (χ0v) is 26.2. The normalized spacial score (nSPS) is 12.7. The first kappa shape index (κ1) is 27.3. The van der Waals surface area contributed by atoms with Crippen molar-refractivity contribution in [2.75, 3.05) is 10.2 Å². The molecule has 1 aliphatic rings. The Bertz CT molecular complexity index is 1760. The molecule has 0 atom stereocenters. The van der Waals surface area contributed by atoms with Gasteiger partial charge in [0.25, 0.3) is 0 Å². The molecule has 4 aromatic carbocycles. The number of aromatic nitrogens is 1. The van der Waals surface area contributed by atoms with Gasteiger partial charge in [-0.1, -0.05) is 106 Å². The average Bonchev–Trinajstić information content (AvgIpc) is 3.04. The standard InChI is InChI=1S/C37H36BrN3/c1-36(2,3)24-17-18-39-35(21-24)41-33-14-10-9-13-31(33)29-11-7-8-12-30(29)32-16-15-27(23-34(32)41)40-28-20-25(37(4,5)6)19-26(38)22-28/h7-23,40H,1-6H3. The van der Waals surface area contributed by atoms with Gasteiger partial charge in [-0.05, 0) is 81.6 Å². The van der Waals surface area contributed by atoms with Crippen molar-refractivity contribution in [3.8, 4) is 22.3 Å². The number of para-hydroxylation sites is 1. The summed E-state index contributed by atoms with van der Waals surface area (Å²) in [6.07, 6.45) is 1.94. The molecule has 0 saturated heterocycles. The molecule has 0 saturated carbocycles. The van der Waals surface area contributed by atoms with Crippen LogP contribution in [-0.2, 0) is 10.8 Å². The lowest BCUT2D eigenvalue weighted by atomic mass is 9.87. The van der Waals surface area contributed by atoms with E-state index in [9.17, 15) is 0 Å². The Morgan fingerprint density at radius 2 is 1.22 bits per heavy atom. The van der Waals surface area contributed by atoms with Gasteiger partial charge in [-0.2, -0.15) is 0 Å². The zero-order chi connectivity index (χ0) is 28.9. The number of rotatable bonds is 3. The number of pyridine rings is 1. The summed E-state index contributed by atoms with van der Waals surface area (Å²) in [6.45, 7) is 13.5. The second-order valence-corrected chi connectivity index (χ2v) is 13.8. The number of fused-ring (bicyclic) bond motifs is 5. The largest absolute Gasteiger partial charge is 0.355 e. The third-order valence-corrected chi connectivity index (χ3v) is 8.24. The van der Waals surface area contributed by atoms with Crippen LogP contribution in [0.15, 0.2) is 108 Å². The van der Waals surface area contributed by atoms with Crippen LogP contribution >= 0.6 is 15.9 Å². The van der Waals surface area contributed by atoms with E-state index in [-0.39, 0.29) is 10.8 Å². The van der Waals surface area contributed by atoms with Crippen molar-refractivity contribution in [1.29, 1.82) is 0 Å². The number of nitrogens with zero attached hydrogens (tertiary/aromatic N) is 2. The number of anilines is 5. The lowest BCUT2D eigenvalue weighted by molar-refractivity contribution is 0.589. The molecule has 41 heavy (non-hydrogen) atoms. The molecule has 206 valence electrons. The van der Waals surface area contributed by atoms with E-state index >= 15 is 0 Å². The van der Waals surface area contributed by atoms with Crippen molar-refractivity contribution in [2.45, 2.75) is 52.4 Å². The summed E-state index contributed by atoms with van der Waals surface area (Å²) in [4.78, 5) is 7.27. The smallest absolute Gasteiger partial charge is 0.137 e. The molecule has 0 aliphatic carbocycles. The van der Waals surface area contributed by atoms with E-state index in [0.29, 0.717) is 0 Å². The van der Waals surface area contributed by atoms with E-state index < -0.39 is 0 Å². The minimum atomic E-state index is 0.00368. The quantitative estimate of drug-likeness (QED) is 0.218. The van der Waals surface area contributed by atoms with Crippen LogP contribution in [0.5, 0.6) is 0 Å². The van der Waals surface area contributed by atoms with Crippen LogP contribution in [-0.4, -0.2) is 4.98 Å². The number of benzene rings is 4. The maximum atomic E-state index is 4.94. The van der Waals surface area contributed by atoms with Crippen LogP contribution in [0.4, 0.5) is 28.6 Å². The van der Waals surface area contributed by atoms with Gasteiger partial charge in [0.05, 0.1) is 11.4 Å². The molecule has 0 bridgehead atoms. The van der Waals surface area contributed by atoms with E-state index in [1.165, 1.54) is 33.4 Å². The van der Waals surface area contributed by atoms with Crippen molar-refractivity contribution in [3.63, 3.8) is 0 Å². The van der Waals surface area contributed by atoms with Crippen molar-refractivity contribution in [2.24, 2.45) is 0 Å². The Balaban J connectivity index is 1.57. The van der Waals surface area contributed by atoms with Crippen LogP contribution in [0.1, 0.15) is 52.7 Å². The summed E-state index contributed by atoms with van der Waals surface area (Å²) in [5.74, 6) is 0.911. The molecule has 0 spiro atoms. The SMILES string of the molecule is CC(C)(C)c1cc(Br)cc(Nc2ccc3c(c2)N(c2cc(C(C)(C)C)ccn2)c2ccccc2-c2ccccc2-3)c1. The highest BCUT2D eigenvalue weighted by molar-refractivity contribution is 9.10. The summed E-state index contributed by atoms with van der Waals surface area (Å²) >= 11 is 3.73. The van der Waals surface area contributed by atoms with E-state index in [4.69, 9.17) is 4.98 Å². The highest BCUT2D eigenvalue weighted by atomic mass is 79.9. The molecular weight excluding hydrogens is 566 g/mol. The van der Waals surface area contributed by atoms with Gasteiger partial charge in [0, 0.05) is 33.2 Å². The van der Waals surface area contributed by atoms with Gasteiger partial charge in [0.15, 0.2) is 0 Å². The predicted octanol–water partition coefficient (Wildman–Crippen LogP) is 11.3. The highest BCUT2D eigenvalue weighted by Crippen LogP contribution is 2.51. The average molecular weight is 603 g/mol. The van der Waals surface area contributed by atoms with Gasteiger partial charge in [-0.3, -0.25) is 4.90 Å². The van der Waals surface area contributed by atoms with Crippen LogP contribution in [0.2, 0.25) is 0 Å². The predicted molar refractivity (Wildman–Crippen MR) is 178 cm³/mol. The summed E-state index contributed by atoms with van der Waals surface area (Å²) < 4.78 is 1.06. The Morgan fingerprint density at radius 3 is 1.90 bits per heavy atom. The van der Waals surface area contributed by atoms with Gasteiger partial charge in [0.1, 0.15) is 5.82 Å². The number of hydrogen-bond acceptors (Lipinski definition) is 3. The molecule has 0 amide bonds. The second-order valence-electron chi connectivity index (χ2n) is 12.9. The Morgan fingerprint density at radius 1 is 0.585 bits per heavy atom. The molecule has 1 aromatic heterocycles. The first-order chi connectivity index (χ1) is 19.5. The third-order valence-electron chi connectivity index (χ3n) is 7.78.